The zero-order valence-corrected chi connectivity index (χ0v) is 13.0. The molecule has 0 unspecified atom stereocenters. The molecule has 21 heavy (non-hydrogen) atoms. The van der Waals surface area contributed by atoms with E-state index in [1.165, 1.54) is 11.8 Å². The minimum absolute atomic E-state index is 0.00342. The number of nitrogens with zero attached hydrogens (tertiary/aromatic N) is 2. The number of fused-ring (bicyclic) bond motifs is 1. The number of thiazole rings is 1. The minimum Gasteiger partial charge on any atom is -0.354 e. The largest absolute Gasteiger partial charge is 0.354 e. The smallest absolute Gasteiger partial charge is 0.239 e. The van der Waals surface area contributed by atoms with Crippen molar-refractivity contribution in [3.8, 4) is 0 Å². The monoisotopic (exact) mass is 321 g/mol. The van der Waals surface area contributed by atoms with Gasteiger partial charge in [-0.1, -0.05) is 23.9 Å². The van der Waals surface area contributed by atoms with Crippen LogP contribution in [0.5, 0.6) is 0 Å². The third-order valence-electron chi connectivity index (χ3n) is 3.21. The van der Waals surface area contributed by atoms with Crippen molar-refractivity contribution >= 4 is 45.1 Å². The first-order valence-electron chi connectivity index (χ1n) is 6.75. The summed E-state index contributed by atoms with van der Waals surface area (Å²) in [5, 5.41) is 2.77. The Bertz CT molecular complexity index is 638. The highest BCUT2D eigenvalue weighted by Crippen LogP contribution is 2.29. The van der Waals surface area contributed by atoms with E-state index in [-0.39, 0.29) is 18.4 Å². The van der Waals surface area contributed by atoms with E-state index < -0.39 is 0 Å². The summed E-state index contributed by atoms with van der Waals surface area (Å²) in [6.45, 7) is 1.45. The summed E-state index contributed by atoms with van der Waals surface area (Å²) in [6, 6.07) is 7.93. The second kappa shape index (κ2) is 6.44. The summed E-state index contributed by atoms with van der Waals surface area (Å²) in [5.74, 6) is 0.245. The summed E-state index contributed by atoms with van der Waals surface area (Å²) in [4.78, 5) is 29.8. The summed E-state index contributed by atoms with van der Waals surface area (Å²) in [6.07, 6.45) is 0.809. The van der Waals surface area contributed by atoms with Crippen LogP contribution in [0.4, 0.5) is 0 Å². The number of carbonyl (C=O) groups is 2. The molecule has 1 aromatic heterocycles. The van der Waals surface area contributed by atoms with Crippen LogP contribution in [0.3, 0.4) is 0 Å². The molecule has 110 valence electrons. The van der Waals surface area contributed by atoms with Gasteiger partial charge in [0.05, 0.1) is 22.5 Å². The van der Waals surface area contributed by atoms with Gasteiger partial charge in [0.25, 0.3) is 0 Å². The molecule has 0 atom stereocenters. The van der Waals surface area contributed by atoms with Gasteiger partial charge in [0.2, 0.25) is 11.8 Å². The molecule has 0 radical (unpaired) electrons. The fourth-order valence-electron chi connectivity index (χ4n) is 2.15. The van der Waals surface area contributed by atoms with Crippen molar-refractivity contribution < 1.29 is 9.59 Å². The third kappa shape index (κ3) is 3.54. The molecular formula is C14H15N3O2S2. The van der Waals surface area contributed by atoms with E-state index in [9.17, 15) is 9.59 Å². The highest BCUT2D eigenvalue weighted by molar-refractivity contribution is 8.01. The molecule has 2 heterocycles. The summed E-state index contributed by atoms with van der Waals surface area (Å²) >= 11 is 3.03. The second-order valence-electron chi connectivity index (χ2n) is 4.75. The highest BCUT2D eigenvalue weighted by Gasteiger charge is 2.20. The molecule has 0 bridgehead atoms. The quantitative estimate of drug-likeness (QED) is 0.875. The molecule has 0 spiro atoms. The standard InChI is InChI=1S/C14H15N3O2S2/c18-12-8-17(7-3-6-15-12)13(19)9-20-14-16-10-4-1-2-5-11(10)21-14/h1-2,4-5H,3,6-9H2,(H,15,18). The Balaban J connectivity index is 1.61. The molecule has 2 amide bonds. The van der Waals surface area contributed by atoms with Gasteiger partial charge in [-0.2, -0.15) is 0 Å². The van der Waals surface area contributed by atoms with Crippen LogP contribution >= 0.6 is 23.1 Å². The molecule has 1 N–H and O–H groups in total. The molecule has 2 aromatic rings. The predicted molar refractivity (Wildman–Crippen MR) is 84.6 cm³/mol. The first-order valence-corrected chi connectivity index (χ1v) is 8.55. The Kier molecular flexibility index (Phi) is 4.40. The molecule has 1 fully saturated rings. The lowest BCUT2D eigenvalue weighted by Gasteiger charge is -2.18. The Morgan fingerprint density at radius 3 is 3.14 bits per heavy atom. The number of nitrogens with one attached hydrogen (secondary N) is 1. The number of aromatic nitrogens is 1. The lowest BCUT2D eigenvalue weighted by Crippen LogP contribution is -2.38. The van der Waals surface area contributed by atoms with Crippen LogP contribution in [0.15, 0.2) is 28.6 Å². The summed E-state index contributed by atoms with van der Waals surface area (Å²) in [5.41, 5.74) is 0.964. The number of amides is 2. The number of carbonyl (C=O) groups excluding carboxylic acids is 2. The normalized spacial score (nSPS) is 15.8. The van der Waals surface area contributed by atoms with Crippen LogP contribution in [0.25, 0.3) is 10.2 Å². The van der Waals surface area contributed by atoms with Crippen LogP contribution in [-0.2, 0) is 9.59 Å². The Hall–Kier alpha value is -1.60. The van der Waals surface area contributed by atoms with Gasteiger partial charge < -0.3 is 10.2 Å². The van der Waals surface area contributed by atoms with E-state index in [4.69, 9.17) is 0 Å². The average Bonchev–Trinajstić information content (AvgIpc) is 2.78. The van der Waals surface area contributed by atoms with Gasteiger partial charge >= 0.3 is 0 Å². The number of para-hydroxylation sites is 1. The molecule has 5 nitrogen and oxygen atoms in total. The van der Waals surface area contributed by atoms with E-state index in [0.29, 0.717) is 18.8 Å². The van der Waals surface area contributed by atoms with Crippen LogP contribution < -0.4 is 5.32 Å². The molecule has 0 aliphatic carbocycles. The average molecular weight is 321 g/mol. The van der Waals surface area contributed by atoms with E-state index in [1.54, 1.807) is 16.2 Å². The highest BCUT2D eigenvalue weighted by atomic mass is 32.2. The topological polar surface area (TPSA) is 62.3 Å². The third-order valence-corrected chi connectivity index (χ3v) is 5.37. The van der Waals surface area contributed by atoms with Crippen LogP contribution in [0, 0.1) is 0 Å². The maximum Gasteiger partial charge on any atom is 0.239 e. The van der Waals surface area contributed by atoms with Crippen molar-refractivity contribution in [2.75, 3.05) is 25.4 Å². The van der Waals surface area contributed by atoms with Crippen molar-refractivity contribution in [2.24, 2.45) is 0 Å². The van der Waals surface area contributed by atoms with Gasteiger partial charge in [-0.25, -0.2) is 4.98 Å². The molecule has 3 rings (SSSR count). The van der Waals surface area contributed by atoms with E-state index in [1.807, 2.05) is 24.3 Å². The molecule has 1 aliphatic heterocycles. The molecule has 7 heteroatoms. The maximum absolute atomic E-state index is 12.2. The van der Waals surface area contributed by atoms with Crippen molar-refractivity contribution in [1.82, 2.24) is 15.2 Å². The van der Waals surface area contributed by atoms with Crippen LogP contribution in [-0.4, -0.2) is 47.1 Å². The zero-order chi connectivity index (χ0) is 14.7. The van der Waals surface area contributed by atoms with Crippen molar-refractivity contribution in [1.29, 1.82) is 0 Å². The van der Waals surface area contributed by atoms with Crippen molar-refractivity contribution in [2.45, 2.75) is 10.8 Å². The van der Waals surface area contributed by atoms with E-state index in [2.05, 4.69) is 10.3 Å². The molecule has 0 saturated carbocycles. The van der Waals surface area contributed by atoms with Crippen LogP contribution in [0.1, 0.15) is 6.42 Å². The van der Waals surface area contributed by atoms with Gasteiger partial charge in [-0.05, 0) is 18.6 Å². The lowest BCUT2D eigenvalue weighted by molar-refractivity contribution is -0.133. The predicted octanol–water partition coefficient (Wildman–Crippen LogP) is 1.74. The molecule has 1 aliphatic rings. The summed E-state index contributed by atoms with van der Waals surface area (Å²) < 4.78 is 2.02. The Morgan fingerprint density at radius 2 is 2.29 bits per heavy atom. The lowest BCUT2D eigenvalue weighted by atomic mass is 10.3. The van der Waals surface area contributed by atoms with Gasteiger partial charge in [0.1, 0.15) is 0 Å². The zero-order valence-electron chi connectivity index (χ0n) is 11.4. The fraction of sp³-hybridized carbons (Fsp3) is 0.357. The fourth-order valence-corrected chi connectivity index (χ4v) is 4.12. The molecular weight excluding hydrogens is 306 g/mol. The second-order valence-corrected chi connectivity index (χ2v) is 7.01. The Morgan fingerprint density at radius 1 is 1.43 bits per heavy atom. The Labute approximate surface area is 130 Å². The first-order chi connectivity index (χ1) is 10.2. The van der Waals surface area contributed by atoms with Gasteiger partial charge in [-0.15, -0.1) is 11.3 Å². The first kappa shape index (κ1) is 14.3. The van der Waals surface area contributed by atoms with Gasteiger partial charge in [-0.3, -0.25) is 9.59 Å². The molecule has 1 saturated heterocycles. The number of hydrogen-bond donors (Lipinski definition) is 1. The van der Waals surface area contributed by atoms with E-state index in [0.717, 1.165) is 21.0 Å². The van der Waals surface area contributed by atoms with E-state index >= 15 is 0 Å². The van der Waals surface area contributed by atoms with Crippen molar-refractivity contribution in [3.05, 3.63) is 24.3 Å². The number of hydrogen-bond acceptors (Lipinski definition) is 5. The van der Waals surface area contributed by atoms with Gasteiger partial charge in [0.15, 0.2) is 4.34 Å². The number of benzene rings is 1. The van der Waals surface area contributed by atoms with Crippen LogP contribution in [0.2, 0.25) is 0 Å². The number of rotatable bonds is 3. The van der Waals surface area contributed by atoms with Gasteiger partial charge in [0, 0.05) is 13.1 Å². The van der Waals surface area contributed by atoms with Crippen molar-refractivity contribution in [3.63, 3.8) is 0 Å². The number of thioether (sulfide) groups is 1. The summed E-state index contributed by atoms with van der Waals surface area (Å²) in [7, 11) is 0. The maximum atomic E-state index is 12.2. The minimum atomic E-state index is -0.0779. The molecule has 1 aromatic carbocycles. The SMILES string of the molecule is O=C1CN(C(=O)CSc2nc3ccccc3s2)CCCN1.